The Morgan fingerprint density at radius 2 is 1.74 bits per heavy atom. The van der Waals surface area contributed by atoms with Crippen LogP contribution in [0.1, 0.15) is 11.1 Å². The molecule has 0 spiro atoms. The fourth-order valence-electron chi connectivity index (χ4n) is 3.78. The summed E-state index contributed by atoms with van der Waals surface area (Å²) in [5.41, 5.74) is -2.65. The molecule has 3 rings (SSSR count). The largest absolute Gasteiger partial charge is 0.494 e. The van der Waals surface area contributed by atoms with Gasteiger partial charge in [0.25, 0.3) is 25.8 Å². The summed E-state index contributed by atoms with van der Waals surface area (Å²) in [5.74, 6) is -3.02. The second-order valence-electron chi connectivity index (χ2n) is 9.64. The van der Waals surface area contributed by atoms with Crippen LogP contribution in [0.3, 0.4) is 0 Å². The van der Waals surface area contributed by atoms with Gasteiger partial charge in [-0.1, -0.05) is 0 Å². The first-order valence-electron chi connectivity index (χ1n) is 12.7. The fourth-order valence-corrected chi connectivity index (χ4v) is 6.27. The summed E-state index contributed by atoms with van der Waals surface area (Å²) >= 11 is 0. The fraction of sp³-hybridized carbons (Fsp3) is 0.391. The van der Waals surface area contributed by atoms with Crippen molar-refractivity contribution in [3.8, 4) is 5.88 Å². The van der Waals surface area contributed by atoms with Gasteiger partial charge in [-0.25, -0.2) is 8.42 Å². The van der Waals surface area contributed by atoms with Gasteiger partial charge >= 0.3 is 6.08 Å². The molecule has 0 amide bonds. The number of benzene rings is 1. The summed E-state index contributed by atoms with van der Waals surface area (Å²) in [5, 5.41) is 20.3. The van der Waals surface area contributed by atoms with Crippen LogP contribution in [-0.2, 0) is 47.6 Å². The maximum atomic E-state index is 14.3. The topological polar surface area (TPSA) is 273 Å². The molecule has 0 saturated heterocycles. The van der Waals surface area contributed by atoms with Crippen LogP contribution in [0, 0.1) is 13.0 Å². The summed E-state index contributed by atoms with van der Waals surface area (Å²) in [7, 11) is -9.23. The zero-order chi connectivity index (χ0) is 34.6. The number of hydrogen-bond donors (Lipinski definition) is 4. The first-order valence-corrected chi connectivity index (χ1v) is 17.6. The van der Waals surface area contributed by atoms with E-state index in [2.05, 4.69) is 30.5 Å². The van der Waals surface area contributed by atoms with E-state index in [1.165, 1.54) is 26.0 Å². The van der Waals surface area contributed by atoms with Gasteiger partial charge in [-0.2, -0.15) is 36.2 Å². The van der Waals surface area contributed by atoms with E-state index in [4.69, 9.17) is 4.74 Å². The van der Waals surface area contributed by atoms with Crippen molar-refractivity contribution in [2.45, 2.75) is 17.6 Å². The highest BCUT2D eigenvalue weighted by Crippen LogP contribution is 2.32. The molecule has 1 aromatic carbocycles. The monoisotopic (exact) mass is 708 g/mol. The number of hydrogen-bond acceptors (Lipinski definition) is 16. The summed E-state index contributed by atoms with van der Waals surface area (Å²) in [4.78, 5) is 24.4. The van der Waals surface area contributed by atoms with Crippen LogP contribution in [-0.4, -0.2) is 97.8 Å². The molecule has 2 aromatic heterocycles. The van der Waals surface area contributed by atoms with Crippen LogP contribution in [0.4, 0.5) is 33.3 Å². The first kappa shape index (κ1) is 36.3. The number of nitrogens with one attached hydrogen (secondary N) is 1. The number of aromatic hydroxyl groups is 1. The molecule has 0 unspecified atom stereocenters. The Hall–Kier alpha value is -4.16. The Bertz CT molecular complexity index is 2060. The molecule has 0 fully saturated rings. The minimum atomic E-state index is -4.93. The molecule has 0 saturated carbocycles. The van der Waals surface area contributed by atoms with Crippen LogP contribution in [0.25, 0.3) is 0 Å². The number of halogens is 1. The number of sulfone groups is 1. The standard InChI is InChI=1S/C23H29FN8O11S3/c1-13-15(12-45(37,38)39)19(33)32(3)20(34)18(13)30-29-16-11-14(5-6-17(16)46(40,41)42)25-22-26-21(24)27-23(28-22)31(2)7-9-44(35,36)10-8-43-4/h5-6,11,33H,7-10,12H2,1-4H3,(H,37,38,39)(H,40,41,42)(H,25,26,27,28). The van der Waals surface area contributed by atoms with Crippen LogP contribution in [0.15, 0.2) is 38.1 Å². The van der Waals surface area contributed by atoms with E-state index in [1.807, 2.05) is 0 Å². The molecule has 23 heteroatoms. The lowest BCUT2D eigenvalue weighted by molar-refractivity contribution is 0.217. The number of rotatable bonds is 14. The van der Waals surface area contributed by atoms with Crippen LogP contribution in [0.5, 0.6) is 5.88 Å². The number of aromatic nitrogens is 4. The van der Waals surface area contributed by atoms with Gasteiger partial charge in [-0.3, -0.25) is 18.5 Å². The van der Waals surface area contributed by atoms with Crippen molar-refractivity contribution < 1.29 is 48.6 Å². The summed E-state index contributed by atoms with van der Waals surface area (Å²) in [6.45, 7) is 1.10. The van der Waals surface area contributed by atoms with E-state index < -0.39 is 75.6 Å². The minimum absolute atomic E-state index is 0.00128. The second-order valence-corrected chi connectivity index (χ2v) is 14.8. The van der Waals surface area contributed by atoms with E-state index in [0.29, 0.717) is 4.57 Å². The molecule has 0 aliphatic rings. The molecule has 0 aliphatic carbocycles. The zero-order valence-electron chi connectivity index (χ0n) is 24.6. The van der Waals surface area contributed by atoms with Crippen LogP contribution < -0.4 is 15.8 Å². The van der Waals surface area contributed by atoms with E-state index in [-0.39, 0.29) is 47.4 Å². The van der Waals surface area contributed by atoms with E-state index >= 15 is 0 Å². The van der Waals surface area contributed by atoms with Gasteiger partial charge in [0.2, 0.25) is 11.9 Å². The second kappa shape index (κ2) is 14.1. The third kappa shape index (κ3) is 9.43. The molecule has 19 nitrogen and oxygen atoms in total. The van der Waals surface area contributed by atoms with Gasteiger partial charge in [0.15, 0.2) is 21.4 Å². The molecule has 4 N–H and O–H groups in total. The lowest BCUT2D eigenvalue weighted by Gasteiger charge is -2.17. The lowest BCUT2D eigenvalue weighted by atomic mass is 10.1. The van der Waals surface area contributed by atoms with E-state index in [9.17, 15) is 48.7 Å². The summed E-state index contributed by atoms with van der Waals surface area (Å²) < 4.78 is 110. The average molecular weight is 709 g/mol. The molecule has 3 aromatic rings. The summed E-state index contributed by atoms with van der Waals surface area (Å²) in [6, 6.07) is 3.04. The number of pyridine rings is 1. The van der Waals surface area contributed by atoms with Crippen molar-refractivity contribution in [1.29, 1.82) is 0 Å². The minimum Gasteiger partial charge on any atom is -0.494 e. The number of azo groups is 1. The van der Waals surface area contributed by atoms with Crippen molar-refractivity contribution in [3.05, 3.63) is 45.8 Å². The normalized spacial score (nSPS) is 12.5. The Balaban J connectivity index is 2.00. The van der Waals surface area contributed by atoms with Crippen molar-refractivity contribution in [1.82, 2.24) is 19.5 Å². The predicted molar refractivity (Wildman–Crippen MR) is 161 cm³/mol. The lowest BCUT2D eigenvalue weighted by Crippen LogP contribution is -2.29. The molecule has 0 radical (unpaired) electrons. The first-order chi connectivity index (χ1) is 21.2. The molecular formula is C23H29FN8O11S3. The Labute approximate surface area is 262 Å². The highest BCUT2D eigenvalue weighted by atomic mass is 32.2. The van der Waals surface area contributed by atoms with Gasteiger partial charge in [-0.05, 0) is 30.7 Å². The smallest absolute Gasteiger partial charge is 0.315 e. The molecule has 0 aliphatic heterocycles. The third-order valence-electron chi connectivity index (χ3n) is 6.25. The van der Waals surface area contributed by atoms with Crippen molar-refractivity contribution in [3.63, 3.8) is 0 Å². The third-order valence-corrected chi connectivity index (χ3v) is 9.40. The Morgan fingerprint density at radius 3 is 2.35 bits per heavy atom. The van der Waals surface area contributed by atoms with Crippen molar-refractivity contribution in [2.75, 3.05) is 49.0 Å². The number of anilines is 3. The van der Waals surface area contributed by atoms with Gasteiger partial charge in [0.1, 0.15) is 16.3 Å². The van der Waals surface area contributed by atoms with Crippen molar-refractivity contribution >= 4 is 59.0 Å². The maximum Gasteiger partial charge on any atom is 0.315 e. The molecular weight excluding hydrogens is 679 g/mol. The van der Waals surface area contributed by atoms with Gasteiger partial charge in [0.05, 0.1) is 18.1 Å². The van der Waals surface area contributed by atoms with Crippen LogP contribution in [0.2, 0.25) is 0 Å². The van der Waals surface area contributed by atoms with Crippen LogP contribution >= 0.6 is 0 Å². The Morgan fingerprint density at radius 1 is 1.07 bits per heavy atom. The quantitative estimate of drug-likeness (QED) is 0.134. The molecule has 46 heavy (non-hydrogen) atoms. The highest BCUT2D eigenvalue weighted by Gasteiger charge is 2.23. The number of ether oxygens (including phenoxy) is 1. The SMILES string of the molecule is COCCS(=O)(=O)CCN(C)c1nc(F)nc(Nc2ccc(S(=O)(=O)O)c(N=Nc3c(C)c(CS(=O)(=O)O)c(O)n(C)c3=O)c2)n1. The number of nitrogens with zero attached hydrogens (tertiary/aromatic N) is 7. The van der Waals surface area contributed by atoms with Gasteiger partial charge < -0.3 is 20.1 Å². The number of methoxy groups -OCH3 is 1. The molecule has 2 heterocycles. The molecule has 0 bridgehead atoms. The zero-order valence-corrected chi connectivity index (χ0v) is 27.1. The van der Waals surface area contributed by atoms with E-state index in [1.54, 1.807) is 0 Å². The molecule has 0 atom stereocenters. The maximum absolute atomic E-state index is 14.3. The van der Waals surface area contributed by atoms with E-state index in [0.717, 1.165) is 25.2 Å². The van der Waals surface area contributed by atoms with Gasteiger partial charge in [0, 0.05) is 39.0 Å². The van der Waals surface area contributed by atoms with Gasteiger partial charge in [-0.15, -0.1) is 10.2 Å². The Kier molecular flexibility index (Phi) is 11.1. The predicted octanol–water partition coefficient (Wildman–Crippen LogP) is 1.01. The van der Waals surface area contributed by atoms with Crippen molar-refractivity contribution in [2.24, 2.45) is 17.3 Å². The highest BCUT2D eigenvalue weighted by molar-refractivity contribution is 7.91. The average Bonchev–Trinajstić information content (AvgIpc) is 2.94. The molecule has 252 valence electrons. The summed E-state index contributed by atoms with van der Waals surface area (Å²) in [6.07, 6.45) is -1.24.